The molecule has 0 unspecified atom stereocenters. The zero-order valence-electron chi connectivity index (χ0n) is 13.8. The van der Waals surface area contributed by atoms with E-state index in [1.165, 1.54) is 11.3 Å². The van der Waals surface area contributed by atoms with Gasteiger partial charge in [0.15, 0.2) is 5.13 Å². The molecular weight excluding hydrogens is 334 g/mol. The number of rotatable bonds is 3. The molecule has 2 heterocycles. The van der Waals surface area contributed by atoms with Gasteiger partial charge in [-0.2, -0.15) is 0 Å². The predicted molar refractivity (Wildman–Crippen MR) is 100 cm³/mol. The Bertz CT molecular complexity index is 980. The minimum atomic E-state index is -0.235. The molecule has 0 saturated heterocycles. The number of aryl methyl sites for hydroxylation is 2. The molecule has 6 heteroatoms. The summed E-state index contributed by atoms with van der Waals surface area (Å²) in [6, 6.07) is 13.7. The zero-order chi connectivity index (χ0) is 17.4. The van der Waals surface area contributed by atoms with Gasteiger partial charge < -0.3 is 10.2 Å². The highest BCUT2D eigenvalue weighted by Gasteiger charge is 2.25. The Labute approximate surface area is 149 Å². The van der Waals surface area contributed by atoms with Crippen LogP contribution in [-0.2, 0) is 16.0 Å². The highest BCUT2D eigenvalue weighted by atomic mass is 32.1. The van der Waals surface area contributed by atoms with Crippen molar-refractivity contribution < 1.29 is 9.59 Å². The molecule has 0 saturated carbocycles. The van der Waals surface area contributed by atoms with E-state index in [-0.39, 0.29) is 18.4 Å². The Morgan fingerprint density at radius 2 is 2.08 bits per heavy atom. The minimum absolute atomic E-state index is 0.00476. The fraction of sp³-hybridized carbons (Fsp3) is 0.211. The average molecular weight is 351 g/mol. The quantitative estimate of drug-likeness (QED) is 0.785. The van der Waals surface area contributed by atoms with Crippen LogP contribution in [0.25, 0.3) is 10.2 Å². The van der Waals surface area contributed by atoms with Crippen molar-refractivity contribution >= 4 is 44.2 Å². The maximum absolute atomic E-state index is 12.4. The van der Waals surface area contributed by atoms with Crippen LogP contribution < -0.4 is 10.2 Å². The lowest BCUT2D eigenvalue weighted by Crippen LogP contribution is -2.40. The fourth-order valence-electron chi connectivity index (χ4n) is 3.06. The second-order valence-electron chi connectivity index (χ2n) is 6.15. The first-order valence-electron chi connectivity index (χ1n) is 8.15. The van der Waals surface area contributed by atoms with Gasteiger partial charge in [-0.25, -0.2) is 4.98 Å². The van der Waals surface area contributed by atoms with Crippen molar-refractivity contribution in [1.82, 2.24) is 4.98 Å². The van der Waals surface area contributed by atoms with Crippen molar-refractivity contribution in [3.8, 4) is 0 Å². The van der Waals surface area contributed by atoms with Crippen molar-refractivity contribution in [2.75, 3.05) is 16.8 Å². The first-order chi connectivity index (χ1) is 12.1. The van der Waals surface area contributed by atoms with Gasteiger partial charge in [0, 0.05) is 12.1 Å². The van der Waals surface area contributed by atoms with Gasteiger partial charge in [0.05, 0.1) is 10.2 Å². The number of para-hydroxylation sites is 1. The monoisotopic (exact) mass is 351 g/mol. The predicted octanol–water partition coefficient (Wildman–Crippen LogP) is 3.52. The number of nitrogens with one attached hydrogen (secondary N) is 1. The van der Waals surface area contributed by atoms with Crippen LogP contribution in [0.1, 0.15) is 17.5 Å². The van der Waals surface area contributed by atoms with Crippen molar-refractivity contribution in [3.05, 3.63) is 53.6 Å². The molecule has 3 aromatic rings. The molecule has 1 aliphatic rings. The maximum Gasteiger partial charge on any atom is 0.246 e. The summed E-state index contributed by atoms with van der Waals surface area (Å²) in [5, 5.41) is 3.38. The number of aromatic nitrogens is 1. The maximum atomic E-state index is 12.4. The van der Waals surface area contributed by atoms with Gasteiger partial charge in [-0.15, -0.1) is 0 Å². The van der Waals surface area contributed by atoms with Crippen LogP contribution in [0.2, 0.25) is 0 Å². The van der Waals surface area contributed by atoms with Gasteiger partial charge in [-0.1, -0.05) is 35.6 Å². The van der Waals surface area contributed by atoms with Crippen molar-refractivity contribution in [1.29, 1.82) is 0 Å². The van der Waals surface area contributed by atoms with Crippen molar-refractivity contribution in [3.63, 3.8) is 0 Å². The molecular formula is C19H17N3O2S. The molecule has 0 fully saturated rings. The highest BCUT2D eigenvalue weighted by Crippen LogP contribution is 2.28. The lowest BCUT2D eigenvalue weighted by molar-refractivity contribution is -0.121. The summed E-state index contributed by atoms with van der Waals surface area (Å²) < 4.78 is 1.04. The molecule has 0 radical (unpaired) electrons. The summed E-state index contributed by atoms with van der Waals surface area (Å²) in [4.78, 5) is 30.7. The molecule has 1 aromatic heterocycles. The minimum Gasteiger partial charge on any atom is -0.303 e. The van der Waals surface area contributed by atoms with E-state index < -0.39 is 0 Å². The number of hydrogen-bond acceptors (Lipinski definition) is 4. The molecule has 126 valence electrons. The third-order valence-electron chi connectivity index (χ3n) is 4.28. The van der Waals surface area contributed by atoms with E-state index in [4.69, 9.17) is 0 Å². The summed E-state index contributed by atoms with van der Waals surface area (Å²) in [6.45, 7) is 2.03. The van der Waals surface area contributed by atoms with Crippen LogP contribution >= 0.6 is 11.3 Å². The van der Waals surface area contributed by atoms with Crippen LogP contribution in [0.4, 0.5) is 10.8 Å². The molecule has 4 rings (SSSR count). The van der Waals surface area contributed by atoms with Crippen LogP contribution in [0, 0.1) is 6.92 Å². The fourth-order valence-corrected chi connectivity index (χ4v) is 4.04. The second-order valence-corrected chi connectivity index (χ2v) is 7.18. The summed E-state index contributed by atoms with van der Waals surface area (Å²) in [5.74, 6) is -0.255. The van der Waals surface area contributed by atoms with E-state index in [1.54, 1.807) is 4.90 Å². The smallest absolute Gasteiger partial charge is 0.246 e. The Hall–Kier alpha value is -2.73. The third-order valence-corrected chi connectivity index (χ3v) is 5.22. The molecule has 2 aromatic carbocycles. The lowest BCUT2D eigenvalue weighted by atomic mass is 10.0. The van der Waals surface area contributed by atoms with Gasteiger partial charge in [-0.3, -0.25) is 9.59 Å². The van der Waals surface area contributed by atoms with E-state index in [2.05, 4.69) is 10.3 Å². The molecule has 0 bridgehead atoms. The molecule has 0 atom stereocenters. The van der Waals surface area contributed by atoms with E-state index in [0.29, 0.717) is 11.6 Å². The van der Waals surface area contributed by atoms with Crippen LogP contribution in [-0.4, -0.2) is 23.3 Å². The number of carbonyl (C=O) groups excluding carboxylic acids is 2. The Balaban J connectivity index is 1.52. The highest BCUT2D eigenvalue weighted by molar-refractivity contribution is 7.22. The Morgan fingerprint density at radius 3 is 2.96 bits per heavy atom. The number of anilines is 2. The number of nitrogens with zero attached hydrogens (tertiary/aromatic N) is 2. The first-order valence-corrected chi connectivity index (χ1v) is 8.97. The largest absolute Gasteiger partial charge is 0.303 e. The van der Waals surface area contributed by atoms with Crippen molar-refractivity contribution in [2.24, 2.45) is 0 Å². The van der Waals surface area contributed by atoms with Gasteiger partial charge >= 0.3 is 0 Å². The normalized spacial score (nSPS) is 13.8. The topological polar surface area (TPSA) is 62.3 Å². The molecule has 5 nitrogen and oxygen atoms in total. The zero-order valence-corrected chi connectivity index (χ0v) is 14.6. The van der Waals surface area contributed by atoms with Crippen LogP contribution in [0.15, 0.2) is 42.5 Å². The Kier molecular flexibility index (Phi) is 3.97. The van der Waals surface area contributed by atoms with E-state index in [1.807, 2.05) is 49.4 Å². The Morgan fingerprint density at radius 1 is 1.24 bits per heavy atom. The standard InChI is InChI=1S/C19H17N3O2S/c1-12-6-8-14-16(10-12)25-19(20-14)21-17(23)11-22-15-5-3-2-4-13(15)7-9-18(22)24/h2-6,8,10H,7,9,11H2,1H3,(H,20,21,23). The van der Waals surface area contributed by atoms with Crippen LogP contribution in [0.3, 0.4) is 0 Å². The number of fused-ring (bicyclic) bond motifs is 2. The number of hydrogen-bond donors (Lipinski definition) is 1. The number of thiazole rings is 1. The van der Waals surface area contributed by atoms with Gasteiger partial charge in [0.25, 0.3) is 0 Å². The number of carbonyl (C=O) groups is 2. The first kappa shape index (κ1) is 15.8. The second kappa shape index (κ2) is 6.29. The van der Waals surface area contributed by atoms with E-state index in [9.17, 15) is 9.59 Å². The van der Waals surface area contributed by atoms with Gasteiger partial charge in [0.1, 0.15) is 6.54 Å². The molecule has 2 amide bonds. The third kappa shape index (κ3) is 3.13. The molecule has 1 N–H and O–H groups in total. The van der Waals surface area contributed by atoms with E-state index >= 15 is 0 Å². The summed E-state index contributed by atoms with van der Waals surface area (Å²) >= 11 is 1.44. The number of amides is 2. The molecule has 1 aliphatic heterocycles. The van der Waals surface area contributed by atoms with Crippen molar-refractivity contribution in [2.45, 2.75) is 19.8 Å². The molecule has 25 heavy (non-hydrogen) atoms. The van der Waals surface area contributed by atoms with Gasteiger partial charge in [0.2, 0.25) is 11.8 Å². The average Bonchev–Trinajstić information content (AvgIpc) is 2.98. The van der Waals surface area contributed by atoms with E-state index in [0.717, 1.165) is 33.5 Å². The molecule has 0 spiro atoms. The number of benzene rings is 2. The molecule has 0 aliphatic carbocycles. The van der Waals surface area contributed by atoms with Gasteiger partial charge in [-0.05, 0) is 42.7 Å². The van der Waals surface area contributed by atoms with Crippen LogP contribution in [0.5, 0.6) is 0 Å². The summed E-state index contributed by atoms with van der Waals surface area (Å²) in [6.07, 6.45) is 1.16. The lowest BCUT2D eigenvalue weighted by Gasteiger charge is -2.28. The SMILES string of the molecule is Cc1ccc2nc(NC(=O)CN3C(=O)CCc4ccccc43)sc2c1. The summed E-state index contributed by atoms with van der Waals surface area (Å²) in [5.41, 5.74) is 3.95. The summed E-state index contributed by atoms with van der Waals surface area (Å²) in [7, 11) is 0.